The molecule has 0 saturated carbocycles. The molecule has 1 fully saturated rings. The van der Waals surface area contributed by atoms with Crippen LogP contribution in [0.5, 0.6) is 0 Å². The maximum absolute atomic E-state index is 12.1. The maximum Gasteiger partial charge on any atom is 0.244 e. The first-order valence-corrected chi connectivity index (χ1v) is 8.31. The summed E-state index contributed by atoms with van der Waals surface area (Å²) >= 11 is 11.7. The standard InChI is InChI=1S/C16H20Cl2N2O5/c1-24-16-13(15(23)14(22)11(7-19)25-16)20-12(21)5-3-8-2-4-9(17)10(18)6-8/h2-6,11,13-16,22-23H,7,19H2,1H3,(H,20,21)/b5-3+/t11-,13+,14-,15-,16+/m1/s1. The largest absolute Gasteiger partial charge is 0.388 e. The summed E-state index contributed by atoms with van der Waals surface area (Å²) in [5.74, 6) is -0.501. The van der Waals surface area contributed by atoms with Crippen LogP contribution in [0.4, 0.5) is 0 Å². The van der Waals surface area contributed by atoms with Crippen molar-refractivity contribution in [3.05, 3.63) is 39.9 Å². The van der Waals surface area contributed by atoms with Crippen LogP contribution >= 0.6 is 23.2 Å². The number of methoxy groups -OCH3 is 1. The van der Waals surface area contributed by atoms with Crippen LogP contribution in [-0.2, 0) is 14.3 Å². The number of carbonyl (C=O) groups is 1. The summed E-state index contributed by atoms with van der Waals surface area (Å²) in [7, 11) is 1.37. The molecule has 0 aromatic heterocycles. The molecule has 5 atom stereocenters. The van der Waals surface area contributed by atoms with Crippen LogP contribution in [0, 0.1) is 0 Å². The van der Waals surface area contributed by atoms with E-state index in [-0.39, 0.29) is 6.54 Å². The summed E-state index contributed by atoms with van der Waals surface area (Å²) in [5.41, 5.74) is 6.16. The number of aliphatic hydroxyl groups excluding tert-OH is 2. The Balaban J connectivity index is 2.04. The second kappa shape index (κ2) is 8.95. The highest BCUT2D eigenvalue weighted by molar-refractivity contribution is 6.42. The number of benzene rings is 1. The van der Waals surface area contributed by atoms with Gasteiger partial charge in [0.05, 0.1) is 10.0 Å². The molecule has 2 rings (SSSR count). The molecule has 7 nitrogen and oxygen atoms in total. The third-order valence-electron chi connectivity index (χ3n) is 3.85. The summed E-state index contributed by atoms with van der Waals surface area (Å²) in [4.78, 5) is 12.1. The number of amides is 1. The monoisotopic (exact) mass is 390 g/mol. The lowest BCUT2D eigenvalue weighted by Crippen LogP contribution is -2.65. The number of nitrogens with one attached hydrogen (secondary N) is 1. The van der Waals surface area contributed by atoms with E-state index in [0.717, 1.165) is 0 Å². The number of nitrogens with two attached hydrogens (primary N) is 1. The van der Waals surface area contributed by atoms with Crippen molar-refractivity contribution in [2.75, 3.05) is 13.7 Å². The van der Waals surface area contributed by atoms with E-state index in [1.54, 1.807) is 18.2 Å². The Morgan fingerprint density at radius 3 is 2.68 bits per heavy atom. The average Bonchev–Trinajstić information content (AvgIpc) is 2.60. The highest BCUT2D eigenvalue weighted by Gasteiger charge is 2.44. The summed E-state index contributed by atoms with van der Waals surface area (Å²) < 4.78 is 10.6. The van der Waals surface area contributed by atoms with E-state index in [1.807, 2.05) is 0 Å². The first-order chi connectivity index (χ1) is 11.9. The highest BCUT2D eigenvalue weighted by Crippen LogP contribution is 2.23. The number of hydrogen-bond acceptors (Lipinski definition) is 6. The van der Waals surface area contributed by atoms with Gasteiger partial charge in [-0.05, 0) is 23.8 Å². The Bertz CT molecular complexity index is 641. The number of aliphatic hydroxyl groups is 2. The van der Waals surface area contributed by atoms with Gasteiger partial charge in [0.15, 0.2) is 6.29 Å². The minimum atomic E-state index is -1.28. The van der Waals surface area contributed by atoms with Crippen molar-refractivity contribution in [3.63, 3.8) is 0 Å². The molecule has 138 valence electrons. The predicted octanol–water partition coefficient (Wildman–Crippen LogP) is 0.543. The van der Waals surface area contributed by atoms with E-state index in [0.29, 0.717) is 15.6 Å². The van der Waals surface area contributed by atoms with Crippen molar-refractivity contribution in [1.29, 1.82) is 0 Å². The molecule has 1 saturated heterocycles. The van der Waals surface area contributed by atoms with Crippen molar-refractivity contribution < 1.29 is 24.5 Å². The van der Waals surface area contributed by atoms with Gasteiger partial charge >= 0.3 is 0 Å². The Kier molecular flexibility index (Phi) is 7.21. The van der Waals surface area contributed by atoms with Gasteiger partial charge in [0, 0.05) is 19.7 Å². The fourth-order valence-electron chi connectivity index (χ4n) is 2.48. The number of halogens is 2. The summed E-state index contributed by atoms with van der Waals surface area (Å²) in [5, 5.41) is 23.5. The molecule has 1 aliphatic heterocycles. The summed E-state index contributed by atoms with van der Waals surface area (Å²) in [6.45, 7) is 0.00990. The van der Waals surface area contributed by atoms with Crippen molar-refractivity contribution in [2.24, 2.45) is 5.73 Å². The Morgan fingerprint density at radius 2 is 2.08 bits per heavy atom. The molecule has 5 N–H and O–H groups in total. The van der Waals surface area contributed by atoms with Gasteiger partial charge in [0.1, 0.15) is 24.4 Å². The number of carbonyl (C=O) groups excluding carboxylic acids is 1. The zero-order valence-corrected chi connectivity index (χ0v) is 14.9. The second-order valence-corrected chi connectivity index (χ2v) is 6.35. The summed E-state index contributed by atoms with van der Waals surface area (Å²) in [6, 6.07) is 3.97. The fraction of sp³-hybridized carbons (Fsp3) is 0.438. The molecule has 1 aromatic rings. The first kappa shape index (κ1) is 20.1. The lowest BCUT2D eigenvalue weighted by Gasteiger charge is -2.41. The number of rotatable bonds is 5. The van der Waals surface area contributed by atoms with E-state index >= 15 is 0 Å². The molecule has 25 heavy (non-hydrogen) atoms. The molecule has 0 unspecified atom stereocenters. The lowest BCUT2D eigenvalue weighted by molar-refractivity contribution is -0.253. The summed E-state index contributed by atoms with van der Waals surface area (Å²) in [6.07, 6.45) is -1.43. The van der Waals surface area contributed by atoms with Gasteiger partial charge in [-0.1, -0.05) is 29.3 Å². The number of ether oxygens (including phenoxy) is 2. The van der Waals surface area contributed by atoms with Crippen molar-refractivity contribution in [1.82, 2.24) is 5.32 Å². The second-order valence-electron chi connectivity index (χ2n) is 5.54. The topological polar surface area (TPSA) is 114 Å². The first-order valence-electron chi connectivity index (χ1n) is 7.55. The minimum Gasteiger partial charge on any atom is -0.388 e. The van der Waals surface area contributed by atoms with Crippen LogP contribution in [-0.4, -0.2) is 60.4 Å². The van der Waals surface area contributed by atoms with Gasteiger partial charge in [-0.15, -0.1) is 0 Å². The normalized spacial score (nSPS) is 29.8. The molecule has 1 aliphatic rings. The molecular weight excluding hydrogens is 371 g/mol. The Morgan fingerprint density at radius 1 is 1.36 bits per heavy atom. The van der Waals surface area contributed by atoms with Gasteiger partial charge in [0.2, 0.25) is 5.91 Å². The van der Waals surface area contributed by atoms with Crippen molar-refractivity contribution >= 4 is 35.2 Å². The van der Waals surface area contributed by atoms with E-state index in [4.69, 9.17) is 38.4 Å². The molecule has 1 aromatic carbocycles. The maximum atomic E-state index is 12.1. The van der Waals surface area contributed by atoms with Gasteiger partial charge in [0.25, 0.3) is 0 Å². The predicted molar refractivity (Wildman–Crippen MR) is 94.2 cm³/mol. The van der Waals surface area contributed by atoms with Crippen LogP contribution in [0.2, 0.25) is 10.0 Å². The van der Waals surface area contributed by atoms with Crippen LogP contribution in [0.1, 0.15) is 5.56 Å². The molecule has 1 amide bonds. The fourth-order valence-corrected chi connectivity index (χ4v) is 2.79. The zero-order valence-electron chi connectivity index (χ0n) is 13.4. The SMILES string of the molecule is CO[C@H]1O[C@H](CN)[C@@H](O)[C@H](O)[C@@H]1NC(=O)/C=C/c1ccc(Cl)c(Cl)c1. The lowest BCUT2D eigenvalue weighted by atomic mass is 9.96. The highest BCUT2D eigenvalue weighted by atomic mass is 35.5. The van der Waals surface area contributed by atoms with Crippen molar-refractivity contribution in [2.45, 2.75) is 30.6 Å². The van der Waals surface area contributed by atoms with E-state index in [1.165, 1.54) is 19.3 Å². The van der Waals surface area contributed by atoms with Crippen LogP contribution < -0.4 is 11.1 Å². The Labute approximate surface area is 155 Å². The van der Waals surface area contributed by atoms with E-state index < -0.39 is 36.6 Å². The quantitative estimate of drug-likeness (QED) is 0.545. The molecule has 0 radical (unpaired) electrons. The van der Waals surface area contributed by atoms with Crippen LogP contribution in [0.3, 0.4) is 0 Å². The van der Waals surface area contributed by atoms with E-state index in [9.17, 15) is 15.0 Å². The molecular formula is C16H20Cl2N2O5. The van der Waals surface area contributed by atoms with Gasteiger partial charge in [-0.2, -0.15) is 0 Å². The van der Waals surface area contributed by atoms with Gasteiger partial charge < -0.3 is 30.7 Å². The van der Waals surface area contributed by atoms with Crippen LogP contribution in [0.15, 0.2) is 24.3 Å². The number of hydrogen-bond donors (Lipinski definition) is 4. The molecule has 1 heterocycles. The zero-order chi connectivity index (χ0) is 18.6. The smallest absolute Gasteiger partial charge is 0.244 e. The van der Waals surface area contributed by atoms with Crippen molar-refractivity contribution in [3.8, 4) is 0 Å². The molecule has 9 heteroatoms. The van der Waals surface area contributed by atoms with E-state index in [2.05, 4.69) is 5.32 Å². The molecule has 0 spiro atoms. The third-order valence-corrected chi connectivity index (χ3v) is 4.58. The van der Waals surface area contributed by atoms with Gasteiger partial charge in [-0.3, -0.25) is 4.79 Å². The van der Waals surface area contributed by atoms with Crippen LogP contribution in [0.25, 0.3) is 6.08 Å². The molecule has 0 aliphatic carbocycles. The minimum absolute atomic E-state index is 0.00990. The third kappa shape index (κ3) is 4.92. The average molecular weight is 391 g/mol. The van der Waals surface area contributed by atoms with Gasteiger partial charge in [-0.25, -0.2) is 0 Å². The Hall–Kier alpha value is -1.19. The molecule has 0 bridgehead atoms.